The molecule has 0 atom stereocenters. The van der Waals surface area contributed by atoms with Crippen LogP contribution in [0.5, 0.6) is 0 Å². The highest BCUT2D eigenvalue weighted by Crippen LogP contribution is 2.39. The Morgan fingerprint density at radius 3 is 2.60 bits per heavy atom. The van der Waals surface area contributed by atoms with Crippen LogP contribution >= 0.6 is 11.6 Å². The van der Waals surface area contributed by atoms with E-state index in [4.69, 9.17) is 11.6 Å². The van der Waals surface area contributed by atoms with E-state index in [1.165, 1.54) is 0 Å². The van der Waals surface area contributed by atoms with Gasteiger partial charge in [0.15, 0.2) is 0 Å². The number of halogens is 1. The zero-order valence-electron chi connectivity index (χ0n) is 9.09. The fourth-order valence-electron chi connectivity index (χ4n) is 2.38. The zero-order valence-corrected chi connectivity index (χ0v) is 9.85. The van der Waals surface area contributed by atoms with Crippen LogP contribution < -0.4 is 0 Å². The van der Waals surface area contributed by atoms with Crippen molar-refractivity contribution in [2.45, 2.75) is 44.6 Å². The SMILES string of the molecule is CCc1cc(C2(O)CCCC2)ccc1Cl. The summed E-state index contributed by atoms with van der Waals surface area (Å²) < 4.78 is 0. The second-order valence-electron chi connectivity index (χ2n) is 4.40. The summed E-state index contributed by atoms with van der Waals surface area (Å²) in [5.41, 5.74) is 1.59. The van der Waals surface area contributed by atoms with Crippen LogP contribution in [0.4, 0.5) is 0 Å². The Morgan fingerprint density at radius 2 is 2.00 bits per heavy atom. The van der Waals surface area contributed by atoms with Crippen molar-refractivity contribution in [3.63, 3.8) is 0 Å². The van der Waals surface area contributed by atoms with Crippen LogP contribution in [-0.2, 0) is 12.0 Å². The minimum Gasteiger partial charge on any atom is -0.385 e. The van der Waals surface area contributed by atoms with Gasteiger partial charge < -0.3 is 5.11 Å². The van der Waals surface area contributed by atoms with E-state index in [2.05, 4.69) is 13.0 Å². The Hall–Kier alpha value is -0.530. The highest BCUT2D eigenvalue weighted by atomic mass is 35.5. The quantitative estimate of drug-likeness (QED) is 0.813. The fraction of sp³-hybridized carbons (Fsp3) is 0.538. The maximum Gasteiger partial charge on any atom is 0.0896 e. The Balaban J connectivity index is 2.36. The summed E-state index contributed by atoms with van der Waals surface area (Å²) >= 11 is 6.07. The number of hydrogen-bond acceptors (Lipinski definition) is 1. The van der Waals surface area contributed by atoms with Crippen molar-refractivity contribution in [1.29, 1.82) is 0 Å². The number of rotatable bonds is 2. The van der Waals surface area contributed by atoms with Crippen LogP contribution in [0, 0.1) is 0 Å². The van der Waals surface area contributed by atoms with Gasteiger partial charge in [0, 0.05) is 5.02 Å². The average molecular weight is 225 g/mol. The molecule has 15 heavy (non-hydrogen) atoms. The molecule has 0 bridgehead atoms. The van der Waals surface area contributed by atoms with E-state index in [0.29, 0.717) is 0 Å². The fourth-order valence-corrected chi connectivity index (χ4v) is 2.63. The van der Waals surface area contributed by atoms with Crippen LogP contribution in [-0.4, -0.2) is 5.11 Å². The highest BCUT2D eigenvalue weighted by Gasteiger charge is 2.33. The van der Waals surface area contributed by atoms with Gasteiger partial charge in [0.05, 0.1) is 5.60 Å². The van der Waals surface area contributed by atoms with Gasteiger partial charge in [0.25, 0.3) is 0 Å². The Kier molecular flexibility index (Phi) is 3.03. The molecule has 0 amide bonds. The maximum atomic E-state index is 10.4. The third kappa shape index (κ3) is 2.04. The number of hydrogen-bond donors (Lipinski definition) is 1. The van der Waals surface area contributed by atoms with Crippen molar-refractivity contribution in [1.82, 2.24) is 0 Å². The number of aryl methyl sites for hydroxylation is 1. The first-order valence-corrected chi connectivity index (χ1v) is 6.05. The van der Waals surface area contributed by atoms with Crippen LogP contribution in [0.1, 0.15) is 43.7 Å². The molecule has 0 aromatic heterocycles. The van der Waals surface area contributed by atoms with Gasteiger partial charge in [-0.1, -0.05) is 43.5 Å². The van der Waals surface area contributed by atoms with Crippen LogP contribution in [0.3, 0.4) is 0 Å². The Labute approximate surface area is 96.1 Å². The lowest BCUT2D eigenvalue weighted by Gasteiger charge is -2.23. The van der Waals surface area contributed by atoms with Gasteiger partial charge in [-0.3, -0.25) is 0 Å². The predicted molar refractivity (Wildman–Crippen MR) is 63.2 cm³/mol. The van der Waals surface area contributed by atoms with E-state index in [1.54, 1.807) is 0 Å². The normalized spacial score (nSPS) is 19.4. The highest BCUT2D eigenvalue weighted by molar-refractivity contribution is 6.31. The smallest absolute Gasteiger partial charge is 0.0896 e. The van der Waals surface area contributed by atoms with Gasteiger partial charge in [-0.05, 0) is 36.5 Å². The largest absolute Gasteiger partial charge is 0.385 e. The van der Waals surface area contributed by atoms with Gasteiger partial charge in [-0.15, -0.1) is 0 Å². The van der Waals surface area contributed by atoms with E-state index in [-0.39, 0.29) is 0 Å². The molecule has 1 nitrogen and oxygen atoms in total. The van der Waals surface area contributed by atoms with Crippen molar-refractivity contribution in [3.8, 4) is 0 Å². The average Bonchev–Trinajstić information content (AvgIpc) is 2.67. The summed E-state index contributed by atoms with van der Waals surface area (Å²) in [5, 5.41) is 11.2. The summed E-state index contributed by atoms with van der Waals surface area (Å²) in [7, 11) is 0. The number of benzene rings is 1. The molecule has 0 radical (unpaired) electrons. The van der Waals surface area contributed by atoms with E-state index in [9.17, 15) is 5.11 Å². The summed E-state index contributed by atoms with van der Waals surface area (Å²) in [6.07, 6.45) is 4.94. The van der Waals surface area contributed by atoms with Crippen LogP contribution in [0.15, 0.2) is 18.2 Å². The topological polar surface area (TPSA) is 20.2 Å². The molecular formula is C13H17ClO. The first-order chi connectivity index (χ1) is 7.15. The molecule has 0 aliphatic heterocycles. The molecule has 0 unspecified atom stereocenters. The maximum absolute atomic E-state index is 10.4. The first-order valence-electron chi connectivity index (χ1n) is 5.67. The minimum atomic E-state index is -0.589. The monoisotopic (exact) mass is 224 g/mol. The van der Waals surface area contributed by atoms with Crippen LogP contribution in [0.25, 0.3) is 0 Å². The molecule has 2 rings (SSSR count). The summed E-state index contributed by atoms with van der Waals surface area (Å²) in [4.78, 5) is 0. The van der Waals surface area contributed by atoms with E-state index < -0.39 is 5.60 Å². The summed E-state index contributed by atoms with van der Waals surface area (Å²) in [5.74, 6) is 0. The lowest BCUT2D eigenvalue weighted by Crippen LogP contribution is -2.20. The first kappa shape index (κ1) is 11.0. The van der Waals surface area contributed by atoms with Gasteiger partial charge in [-0.25, -0.2) is 0 Å². The van der Waals surface area contributed by atoms with Crippen LogP contribution in [0.2, 0.25) is 5.02 Å². The van der Waals surface area contributed by atoms with Crippen molar-refractivity contribution in [2.24, 2.45) is 0 Å². The van der Waals surface area contributed by atoms with E-state index >= 15 is 0 Å². The van der Waals surface area contributed by atoms with E-state index in [0.717, 1.165) is 48.3 Å². The minimum absolute atomic E-state index is 0.589. The molecule has 82 valence electrons. The molecule has 0 saturated heterocycles. The Morgan fingerprint density at radius 1 is 1.33 bits per heavy atom. The summed E-state index contributed by atoms with van der Waals surface area (Å²) in [6.45, 7) is 2.09. The Bertz CT molecular complexity index is 354. The summed E-state index contributed by atoms with van der Waals surface area (Å²) in [6, 6.07) is 5.94. The van der Waals surface area contributed by atoms with Gasteiger partial charge in [0.1, 0.15) is 0 Å². The number of aliphatic hydroxyl groups is 1. The molecule has 1 aromatic carbocycles. The molecule has 0 heterocycles. The molecule has 1 aliphatic carbocycles. The van der Waals surface area contributed by atoms with Gasteiger partial charge in [-0.2, -0.15) is 0 Å². The predicted octanol–water partition coefficient (Wildman–Crippen LogP) is 3.66. The van der Waals surface area contributed by atoms with Crippen molar-refractivity contribution in [2.75, 3.05) is 0 Å². The second kappa shape index (κ2) is 4.15. The second-order valence-corrected chi connectivity index (χ2v) is 4.81. The lowest BCUT2D eigenvalue weighted by molar-refractivity contribution is 0.0444. The van der Waals surface area contributed by atoms with E-state index in [1.807, 2.05) is 12.1 Å². The van der Waals surface area contributed by atoms with Gasteiger partial charge >= 0.3 is 0 Å². The third-order valence-corrected chi connectivity index (χ3v) is 3.76. The van der Waals surface area contributed by atoms with Crippen molar-refractivity contribution < 1.29 is 5.11 Å². The molecule has 1 saturated carbocycles. The molecule has 2 heteroatoms. The van der Waals surface area contributed by atoms with Crippen molar-refractivity contribution >= 4 is 11.6 Å². The van der Waals surface area contributed by atoms with Gasteiger partial charge in [0.2, 0.25) is 0 Å². The molecule has 0 spiro atoms. The molecule has 1 aliphatic rings. The molecule has 1 fully saturated rings. The van der Waals surface area contributed by atoms with Crippen molar-refractivity contribution in [3.05, 3.63) is 34.3 Å². The molecule has 1 N–H and O–H groups in total. The lowest BCUT2D eigenvalue weighted by atomic mass is 9.91. The molecular weight excluding hydrogens is 208 g/mol. The zero-order chi connectivity index (χ0) is 10.9. The standard InChI is InChI=1S/C13H17ClO/c1-2-10-9-11(5-6-12(10)14)13(15)7-3-4-8-13/h5-6,9,15H,2-4,7-8H2,1H3. The molecule has 1 aromatic rings. The third-order valence-electron chi connectivity index (χ3n) is 3.39.